The molecule has 0 aliphatic rings. The van der Waals surface area contributed by atoms with Gasteiger partial charge in [0.2, 0.25) is 0 Å². The molecule has 0 unspecified atom stereocenters. The first-order valence-corrected chi connectivity index (χ1v) is 5.12. The number of thioether (sulfide) groups is 1. The van der Waals surface area contributed by atoms with E-state index in [0.29, 0.717) is 17.1 Å². The lowest BCUT2D eigenvalue weighted by molar-refractivity contribution is 0.322. The summed E-state index contributed by atoms with van der Waals surface area (Å²) in [5, 5.41) is 8.53. The molecule has 72 valence electrons. The number of aliphatic hydroxyl groups is 1. The van der Waals surface area contributed by atoms with Gasteiger partial charge in [0.05, 0.1) is 12.3 Å². The summed E-state index contributed by atoms with van der Waals surface area (Å²) >= 11 is 1.48. The first kappa shape index (κ1) is 10.3. The van der Waals surface area contributed by atoms with Crippen molar-refractivity contribution < 1.29 is 9.50 Å². The molecule has 0 amide bonds. The van der Waals surface area contributed by atoms with Crippen LogP contribution in [0.25, 0.3) is 0 Å². The molecule has 0 aromatic heterocycles. The number of hydrogen-bond donors (Lipinski definition) is 2. The molecule has 0 fully saturated rings. The number of halogens is 1. The van der Waals surface area contributed by atoms with E-state index >= 15 is 0 Å². The molecular formula is C9H12FNOS. The Kier molecular flexibility index (Phi) is 4.05. The predicted octanol–water partition coefficient (Wildman–Crippen LogP) is 1.63. The van der Waals surface area contributed by atoms with Gasteiger partial charge in [-0.05, 0) is 11.6 Å². The van der Waals surface area contributed by atoms with Gasteiger partial charge >= 0.3 is 0 Å². The smallest absolute Gasteiger partial charge is 0.150 e. The summed E-state index contributed by atoms with van der Waals surface area (Å²) in [6.45, 7) is 0.120. The number of nitrogen functional groups attached to an aromatic ring is 1. The zero-order chi connectivity index (χ0) is 9.68. The van der Waals surface area contributed by atoms with E-state index in [0.717, 1.165) is 0 Å². The zero-order valence-electron chi connectivity index (χ0n) is 7.16. The molecule has 3 N–H and O–H groups in total. The second-order valence-electron chi connectivity index (χ2n) is 2.60. The van der Waals surface area contributed by atoms with E-state index in [9.17, 15) is 4.39 Å². The van der Waals surface area contributed by atoms with E-state index in [4.69, 9.17) is 10.8 Å². The van der Waals surface area contributed by atoms with Gasteiger partial charge in [-0.1, -0.05) is 12.1 Å². The topological polar surface area (TPSA) is 46.2 Å². The van der Waals surface area contributed by atoms with Gasteiger partial charge in [0.25, 0.3) is 0 Å². The van der Waals surface area contributed by atoms with E-state index in [1.54, 1.807) is 12.1 Å². The summed E-state index contributed by atoms with van der Waals surface area (Å²) in [4.78, 5) is 0. The van der Waals surface area contributed by atoms with E-state index in [-0.39, 0.29) is 18.1 Å². The van der Waals surface area contributed by atoms with Gasteiger partial charge < -0.3 is 10.8 Å². The van der Waals surface area contributed by atoms with Crippen LogP contribution in [0, 0.1) is 5.82 Å². The molecule has 0 bridgehead atoms. The number of aliphatic hydroxyl groups excluding tert-OH is 1. The van der Waals surface area contributed by atoms with Gasteiger partial charge in [-0.25, -0.2) is 4.39 Å². The third-order valence-corrected chi connectivity index (χ3v) is 2.59. The maximum absolute atomic E-state index is 13.2. The number of anilines is 1. The molecule has 13 heavy (non-hydrogen) atoms. The molecule has 0 aliphatic heterocycles. The Morgan fingerprint density at radius 3 is 2.92 bits per heavy atom. The molecule has 0 aliphatic carbocycles. The maximum atomic E-state index is 13.2. The quantitative estimate of drug-likeness (QED) is 0.575. The summed E-state index contributed by atoms with van der Waals surface area (Å²) in [6.07, 6.45) is 0. The predicted molar refractivity (Wildman–Crippen MR) is 54.1 cm³/mol. The van der Waals surface area contributed by atoms with Crippen molar-refractivity contribution in [3.05, 3.63) is 29.6 Å². The fourth-order valence-corrected chi connectivity index (χ4v) is 1.67. The van der Waals surface area contributed by atoms with Crippen LogP contribution < -0.4 is 5.73 Å². The van der Waals surface area contributed by atoms with Crippen LogP contribution in [0.3, 0.4) is 0 Å². The van der Waals surface area contributed by atoms with E-state index in [1.807, 2.05) is 0 Å². The fraction of sp³-hybridized carbons (Fsp3) is 0.333. The van der Waals surface area contributed by atoms with Crippen LogP contribution in [0.1, 0.15) is 5.56 Å². The third-order valence-electron chi connectivity index (χ3n) is 1.60. The number of rotatable bonds is 4. The SMILES string of the molecule is Nc1cccc(CSCCO)c1F. The Morgan fingerprint density at radius 2 is 2.23 bits per heavy atom. The molecule has 1 rings (SSSR count). The van der Waals surface area contributed by atoms with Gasteiger partial charge in [-0.3, -0.25) is 0 Å². The highest BCUT2D eigenvalue weighted by atomic mass is 32.2. The highest BCUT2D eigenvalue weighted by Crippen LogP contribution is 2.19. The molecule has 0 spiro atoms. The average molecular weight is 201 g/mol. The van der Waals surface area contributed by atoms with Crippen molar-refractivity contribution in [2.75, 3.05) is 18.1 Å². The fourth-order valence-electron chi connectivity index (χ4n) is 0.958. The van der Waals surface area contributed by atoms with Gasteiger partial charge in [0, 0.05) is 11.5 Å². The lowest BCUT2D eigenvalue weighted by Gasteiger charge is -2.03. The van der Waals surface area contributed by atoms with Crippen LogP contribution in [-0.2, 0) is 5.75 Å². The molecule has 1 aromatic rings. The first-order valence-electron chi connectivity index (χ1n) is 3.97. The maximum Gasteiger partial charge on any atom is 0.150 e. The highest BCUT2D eigenvalue weighted by molar-refractivity contribution is 7.98. The minimum Gasteiger partial charge on any atom is -0.396 e. The van der Waals surface area contributed by atoms with Gasteiger partial charge in [0.15, 0.2) is 0 Å². The molecule has 0 atom stereocenters. The van der Waals surface area contributed by atoms with Crippen LogP contribution >= 0.6 is 11.8 Å². The Labute approximate surface area is 80.9 Å². The van der Waals surface area contributed by atoms with Crippen molar-refractivity contribution in [3.8, 4) is 0 Å². The van der Waals surface area contributed by atoms with Crippen molar-refractivity contribution in [1.29, 1.82) is 0 Å². The molecular weight excluding hydrogens is 189 g/mol. The van der Waals surface area contributed by atoms with Crippen LogP contribution in [0.5, 0.6) is 0 Å². The largest absolute Gasteiger partial charge is 0.396 e. The first-order chi connectivity index (χ1) is 6.25. The van der Waals surface area contributed by atoms with Crippen LogP contribution in [0.15, 0.2) is 18.2 Å². The van der Waals surface area contributed by atoms with Crippen molar-refractivity contribution >= 4 is 17.4 Å². The molecule has 0 saturated carbocycles. The number of benzene rings is 1. The van der Waals surface area contributed by atoms with Gasteiger partial charge in [-0.15, -0.1) is 0 Å². The summed E-state index contributed by atoms with van der Waals surface area (Å²) in [5.74, 6) is 0.832. The average Bonchev–Trinajstić information content (AvgIpc) is 2.13. The molecule has 0 saturated heterocycles. The highest BCUT2D eigenvalue weighted by Gasteiger charge is 2.04. The second-order valence-corrected chi connectivity index (χ2v) is 3.70. The lowest BCUT2D eigenvalue weighted by Crippen LogP contribution is -1.96. The zero-order valence-corrected chi connectivity index (χ0v) is 7.98. The molecule has 4 heteroatoms. The summed E-state index contributed by atoms with van der Waals surface area (Å²) in [5.41, 5.74) is 6.17. The Bertz CT molecular complexity index is 280. The Morgan fingerprint density at radius 1 is 1.46 bits per heavy atom. The summed E-state index contributed by atoms with van der Waals surface area (Å²) in [6, 6.07) is 4.97. The van der Waals surface area contributed by atoms with Crippen LogP contribution in [0.4, 0.5) is 10.1 Å². The molecule has 1 aromatic carbocycles. The van der Waals surface area contributed by atoms with Gasteiger partial charge in [-0.2, -0.15) is 11.8 Å². The van der Waals surface area contributed by atoms with Gasteiger partial charge in [0.1, 0.15) is 5.82 Å². The van der Waals surface area contributed by atoms with E-state index in [1.165, 1.54) is 17.8 Å². The normalized spacial score (nSPS) is 10.3. The van der Waals surface area contributed by atoms with Crippen LogP contribution in [-0.4, -0.2) is 17.5 Å². The Hall–Kier alpha value is -0.740. The molecule has 0 radical (unpaired) electrons. The summed E-state index contributed by atoms with van der Waals surface area (Å²) in [7, 11) is 0. The third kappa shape index (κ3) is 2.90. The van der Waals surface area contributed by atoms with E-state index in [2.05, 4.69) is 0 Å². The summed E-state index contributed by atoms with van der Waals surface area (Å²) < 4.78 is 13.2. The number of nitrogens with two attached hydrogens (primary N) is 1. The molecule has 0 heterocycles. The number of hydrogen-bond acceptors (Lipinski definition) is 3. The van der Waals surface area contributed by atoms with Crippen molar-refractivity contribution in [2.24, 2.45) is 0 Å². The second kappa shape index (κ2) is 5.09. The Balaban J connectivity index is 2.61. The standard InChI is InChI=1S/C9H12FNOS/c10-9-7(6-13-5-4-12)2-1-3-8(9)11/h1-3,12H,4-6,11H2. The minimum atomic E-state index is -0.340. The monoisotopic (exact) mass is 201 g/mol. The van der Waals surface area contributed by atoms with E-state index < -0.39 is 0 Å². The van der Waals surface area contributed by atoms with Crippen LogP contribution in [0.2, 0.25) is 0 Å². The van der Waals surface area contributed by atoms with Crippen molar-refractivity contribution in [1.82, 2.24) is 0 Å². The van der Waals surface area contributed by atoms with Crippen molar-refractivity contribution in [2.45, 2.75) is 5.75 Å². The molecule has 2 nitrogen and oxygen atoms in total. The minimum absolute atomic E-state index is 0.120. The van der Waals surface area contributed by atoms with Crippen molar-refractivity contribution in [3.63, 3.8) is 0 Å². The lowest BCUT2D eigenvalue weighted by atomic mass is 10.2.